The summed E-state index contributed by atoms with van der Waals surface area (Å²) in [4.78, 5) is 0. The van der Waals surface area contributed by atoms with Crippen LogP contribution in [0.1, 0.15) is 52.4 Å². The minimum Gasteiger partial charge on any atom is -0.305 e. The molecular formula is C14H28N2. The molecule has 0 heterocycles. The Balaban J connectivity index is 1.76. The van der Waals surface area contributed by atoms with Gasteiger partial charge < -0.3 is 5.32 Å². The maximum absolute atomic E-state index is 3.85. The molecule has 0 aromatic heterocycles. The molecule has 2 aliphatic carbocycles. The van der Waals surface area contributed by atoms with Crippen molar-refractivity contribution < 1.29 is 0 Å². The third-order valence-corrected chi connectivity index (χ3v) is 4.76. The van der Waals surface area contributed by atoms with Crippen molar-refractivity contribution >= 4 is 0 Å². The topological polar surface area (TPSA) is 24.1 Å². The van der Waals surface area contributed by atoms with E-state index in [0.29, 0.717) is 6.17 Å². The van der Waals surface area contributed by atoms with E-state index in [4.69, 9.17) is 0 Å². The standard InChI is InChI=1S/C14H28N2/c1-4-11-6-5-7-13(11)16-14(15-3)9-12-8-10(12)2/h10-16H,4-9H2,1-3H3. The zero-order chi connectivity index (χ0) is 11.5. The summed E-state index contributed by atoms with van der Waals surface area (Å²) in [5, 5.41) is 7.30. The monoisotopic (exact) mass is 224 g/mol. The van der Waals surface area contributed by atoms with Gasteiger partial charge in [-0.25, -0.2) is 0 Å². The van der Waals surface area contributed by atoms with Crippen LogP contribution in [0.25, 0.3) is 0 Å². The fourth-order valence-corrected chi connectivity index (χ4v) is 3.30. The Labute approximate surface area is 101 Å². The first-order chi connectivity index (χ1) is 7.74. The molecule has 94 valence electrons. The molecule has 0 radical (unpaired) electrons. The van der Waals surface area contributed by atoms with E-state index in [2.05, 4.69) is 31.5 Å². The summed E-state index contributed by atoms with van der Waals surface area (Å²) in [6, 6.07) is 0.775. The summed E-state index contributed by atoms with van der Waals surface area (Å²) in [7, 11) is 2.10. The zero-order valence-electron chi connectivity index (χ0n) is 11.1. The van der Waals surface area contributed by atoms with Gasteiger partial charge in [0, 0.05) is 6.04 Å². The Kier molecular flexibility index (Phi) is 4.26. The van der Waals surface area contributed by atoms with E-state index in [0.717, 1.165) is 23.8 Å². The molecule has 0 saturated heterocycles. The predicted molar refractivity (Wildman–Crippen MR) is 69.3 cm³/mol. The molecular weight excluding hydrogens is 196 g/mol. The summed E-state index contributed by atoms with van der Waals surface area (Å²) < 4.78 is 0. The molecule has 0 aromatic carbocycles. The van der Waals surface area contributed by atoms with Crippen LogP contribution in [0.15, 0.2) is 0 Å². The molecule has 2 saturated carbocycles. The van der Waals surface area contributed by atoms with E-state index in [-0.39, 0.29) is 0 Å². The smallest absolute Gasteiger partial charge is 0.0574 e. The number of rotatable bonds is 6. The van der Waals surface area contributed by atoms with Gasteiger partial charge in [0.25, 0.3) is 0 Å². The summed E-state index contributed by atoms with van der Waals surface area (Å²) >= 11 is 0. The van der Waals surface area contributed by atoms with Crippen molar-refractivity contribution in [1.29, 1.82) is 0 Å². The van der Waals surface area contributed by atoms with Gasteiger partial charge in [0.1, 0.15) is 0 Å². The largest absolute Gasteiger partial charge is 0.305 e. The molecule has 0 aromatic rings. The van der Waals surface area contributed by atoms with Gasteiger partial charge >= 0.3 is 0 Å². The summed E-state index contributed by atoms with van der Waals surface area (Å²) in [5.41, 5.74) is 0. The molecule has 5 atom stereocenters. The van der Waals surface area contributed by atoms with E-state index in [1.54, 1.807) is 0 Å². The van der Waals surface area contributed by atoms with Crippen molar-refractivity contribution in [3.05, 3.63) is 0 Å². The quantitative estimate of drug-likeness (QED) is 0.678. The van der Waals surface area contributed by atoms with Crippen LogP contribution in [0.2, 0.25) is 0 Å². The molecule has 0 bridgehead atoms. The SMILES string of the molecule is CCC1CCCC1NC(CC1CC1C)NC. The first-order valence-corrected chi connectivity index (χ1v) is 7.17. The first kappa shape index (κ1) is 12.4. The third kappa shape index (κ3) is 2.98. The lowest BCUT2D eigenvalue weighted by Gasteiger charge is -2.26. The average Bonchev–Trinajstić information content (AvgIpc) is 2.80. The minimum absolute atomic E-state index is 0.548. The lowest BCUT2D eigenvalue weighted by molar-refractivity contribution is 0.305. The summed E-state index contributed by atoms with van der Waals surface area (Å²) in [5.74, 6) is 2.88. The Hall–Kier alpha value is -0.0800. The fourth-order valence-electron chi connectivity index (χ4n) is 3.30. The van der Waals surface area contributed by atoms with Crippen LogP contribution < -0.4 is 10.6 Å². The van der Waals surface area contributed by atoms with Crippen LogP contribution in [0, 0.1) is 17.8 Å². The van der Waals surface area contributed by atoms with Gasteiger partial charge in [-0.05, 0) is 50.5 Å². The number of hydrogen-bond acceptors (Lipinski definition) is 2. The Morgan fingerprint density at radius 3 is 2.56 bits per heavy atom. The van der Waals surface area contributed by atoms with Crippen LogP contribution in [0.3, 0.4) is 0 Å². The molecule has 0 amide bonds. The first-order valence-electron chi connectivity index (χ1n) is 7.17. The van der Waals surface area contributed by atoms with Crippen molar-refractivity contribution in [2.45, 2.75) is 64.6 Å². The van der Waals surface area contributed by atoms with Gasteiger partial charge in [0.2, 0.25) is 0 Å². The third-order valence-electron chi connectivity index (χ3n) is 4.76. The molecule has 2 heteroatoms. The molecule has 2 N–H and O–H groups in total. The molecule has 0 spiro atoms. The molecule has 5 unspecified atom stereocenters. The molecule has 16 heavy (non-hydrogen) atoms. The second-order valence-corrected chi connectivity index (χ2v) is 5.92. The molecule has 2 fully saturated rings. The maximum atomic E-state index is 3.85. The van der Waals surface area contributed by atoms with Crippen molar-refractivity contribution in [2.24, 2.45) is 17.8 Å². The lowest BCUT2D eigenvalue weighted by Crippen LogP contribution is -2.47. The van der Waals surface area contributed by atoms with Gasteiger partial charge in [0.15, 0.2) is 0 Å². The fraction of sp³-hybridized carbons (Fsp3) is 1.00. The highest BCUT2D eigenvalue weighted by Gasteiger charge is 2.35. The molecule has 0 aliphatic heterocycles. The second-order valence-electron chi connectivity index (χ2n) is 5.92. The predicted octanol–water partition coefficient (Wildman–Crippen LogP) is 2.75. The lowest BCUT2D eigenvalue weighted by atomic mass is 10.00. The van der Waals surface area contributed by atoms with Crippen molar-refractivity contribution in [3.63, 3.8) is 0 Å². The van der Waals surface area contributed by atoms with Crippen LogP contribution in [-0.2, 0) is 0 Å². The van der Waals surface area contributed by atoms with E-state index in [1.807, 2.05) is 0 Å². The molecule has 2 nitrogen and oxygen atoms in total. The Bertz CT molecular complexity index is 217. The molecule has 2 rings (SSSR count). The van der Waals surface area contributed by atoms with Crippen molar-refractivity contribution in [2.75, 3.05) is 7.05 Å². The minimum atomic E-state index is 0.548. The van der Waals surface area contributed by atoms with E-state index in [1.165, 1.54) is 38.5 Å². The van der Waals surface area contributed by atoms with Crippen LogP contribution in [-0.4, -0.2) is 19.3 Å². The van der Waals surface area contributed by atoms with Crippen LogP contribution >= 0.6 is 0 Å². The van der Waals surface area contributed by atoms with E-state index in [9.17, 15) is 0 Å². The van der Waals surface area contributed by atoms with Gasteiger partial charge in [-0.2, -0.15) is 0 Å². The highest BCUT2D eigenvalue weighted by molar-refractivity contribution is 4.89. The molecule has 2 aliphatic rings. The number of hydrogen-bond donors (Lipinski definition) is 2. The van der Waals surface area contributed by atoms with E-state index < -0.39 is 0 Å². The van der Waals surface area contributed by atoms with Gasteiger partial charge in [0.05, 0.1) is 6.17 Å². The summed E-state index contributed by atoms with van der Waals surface area (Å²) in [6.45, 7) is 4.71. The second kappa shape index (κ2) is 5.50. The Morgan fingerprint density at radius 2 is 2.00 bits per heavy atom. The van der Waals surface area contributed by atoms with Crippen LogP contribution in [0.4, 0.5) is 0 Å². The summed E-state index contributed by atoms with van der Waals surface area (Å²) in [6.07, 6.45) is 8.90. The zero-order valence-corrected chi connectivity index (χ0v) is 11.1. The van der Waals surface area contributed by atoms with Gasteiger partial charge in [-0.15, -0.1) is 0 Å². The highest BCUT2D eigenvalue weighted by Crippen LogP contribution is 2.41. The van der Waals surface area contributed by atoms with Crippen LogP contribution in [0.5, 0.6) is 0 Å². The van der Waals surface area contributed by atoms with E-state index >= 15 is 0 Å². The van der Waals surface area contributed by atoms with Gasteiger partial charge in [-0.3, -0.25) is 5.32 Å². The maximum Gasteiger partial charge on any atom is 0.0574 e. The normalized spacial score (nSPS) is 39.9. The number of nitrogens with one attached hydrogen (secondary N) is 2. The Morgan fingerprint density at radius 1 is 1.25 bits per heavy atom. The highest BCUT2D eigenvalue weighted by atomic mass is 15.1. The average molecular weight is 224 g/mol. The van der Waals surface area contributed by atoms with Gasteiger partial charge in [-0.1, -0.05) is 26.7 Å². The van der Waals surface area contributed by atoms with Crippen molar-refractivity contribution in [1.82, 2.24) is 10.6 Å². The van der Waals surface area contributed by atoms with Crippen molar-refractivity contribution in [3.8, 4) is 0 Å².